The van der Waals surface area contributed by atoms with Crippen molar-refractivity contribution in [2.75, 3.05) is 25.1 Å². The Labute approximate surface area is 118 Å². The van der Waals surface area contributed by atoms with E-state index in [2.05, 4.69) is 11.0 Å². The molecule has 0 radical (unpaired) electrons. The lowest BCUT2D eigenvalue weighted by atomic mass is 9.86. The van der Waals surface area contributed by atoms with E-state index >= 15 is 0 Å². The number of hydrogen-bond acceptors (Lipinski definition) is 4. The molecule has 5 heteroatoms. The zero-order chi connectivity index (χ0) is 14.3. The van der Waals surface area contributed by atoms with Crippen molar-refractivity contribution in [2.45, 2.75) is 31.2 Å². The van der Waals surface area contributed by atoms with Crippen molar-refractivity contribution in [1.82, 2.24) is 0 Å². The summed E-state index contributed by atoms with van der Waals surface area (Å²) in [4.78, 5) is 13.7. The van der Waals surface area contributed by atoms with Crippen LogP contribution in [0.4, 0.5) is 5.69 Å². The van der Waals surface area contributed by atoms with Gasteiger partial charge in [-0.05, 0) is 24.5 Å². The first-order valence-corrected chi connectivity index (χ1v) is 7.02. The zero-order valence-electron chi connectivity index (χ0n) is 11.7. The zero-order valence-corrected chi connectivity index (χ0v) is 11.7. The average Bonchev–Trinajstić information content (AvgIpc) is 2.58. The van der Waals surface area contributed by atoms with Crippen LogP contribution in [0.2, 0.25) is 0 Å². The van der Waals surface area contributed by atoms with E-state index in [0.29, 0.717) is 19.4 Å². The number of carbonyl (C=O) groups is 1. The minimum atomic E-state index is -1.24. The maximum Gasteiger partial charge on any atom is 0.324 e. The van der Waals surface area contributed by atoms with Crippen molar-refractivity contribution in [1.29, 1.82) is 0 Å². The number of nitrogens with two attached hydrogens (primary N) is 1. The number of ether oxygens (including phenoxy) is 1. The highest BCUT2D eigenvalue weighted by atomic mass is 16.5. The van der Waals surface area contributed by atoms with E-state index in [1.54, 1.807) is 0 Å². The normalized spacial score (nSPS) is 25.2. The lowest BCUT2D eigenvalue weighted by molar-refractivity contribution is -0.143. The fourth-order valence-corrected chi connectivity index (χ4v) is 3.20. The number of anilines is 1. The van der Waals surface area contributed by atoms with Crippen molar-refractivity contribution in [3.8, 4) is 5.75 Å². The summed E-state index contributed by atoms with van der Waals surface area (Å²) >= 11 is 0. The molecule has 3 rings (SSSR count). The highest BCUT2D eigenvalue weighted by molar-refractivity contribution is 5.80. The van der Waals surface area contributed by atoms with Gasteiger partial charge in [0.2, 0.25) is 0 Å². The second-order valence-corrected chi connectivity index (χ2v) is 5.81. The van der Waals surface area contributed by atoms with Crippen LogP contribution in [-0.4, -0.2) is 36.8 Å². The second-order valence-electron chi connectivity index (χ2n) is 5.81. The predicted molar refractivity (Wildman–Crippen MR) is 76.4 cm³/mol. The van der Waals surface area contributed by atoms with E-state index in [9.17, 15) is 9.90 Å². The molecular formula is C15H20N2O3. The van der Waals surface area contributed by atoms with Gasteiger partial charge in [0, 0.05) is 37.7 Å². The molecule has 0 bridgehead atoms. The Morgan fingerprint density at radius 3 is 3.05 bits per heavy atom. The molecule has 2 heterocycles. The van der Waals surface area contributed by atoms with Gasteiger partial charge in [-0.3, -0.25) is 4.79 Å². The van der Waals surface area contributed by atoms with Gasteiger partial charge in [-0.1, -0.05) is 6.07 Å². The van der Waals surface area contributed by atoms with Crippen molar-refractivity contribution in [3.05, 3.63) is 23.3 Å². The third kappa shape index (κ3) is 2.02. The van der Waals surface area contributed by atoms with E-state index in [1.165, 1.54) is 5.56 Å². The monoisotopic (exact) mass is 276 g/mol. The molecule has 1 aromatic carbocycles. The van der Waals surface area contributed by atoms with Crippen LogP contribution in [0.5, 0.6) is 5.75 Å². The van der Waals surface area contributed by atoms with Gasteiger partial charge in [0.05, 0.1) is 6.61 Å². The number of hydrogen-bond donors (Lipinski definition) is 2. The third-order valence-corrected chi connectivity index (χ3v) is 4.37. The lowest BCUT2D eigenvalue weighted by Gasteiger charge is -2.32. The number of fused-ring (bicyclic) bond motifs is 3. The molecule has 0 aliphatic carbocycles. The molecule has 0 saturated carbocycles. The third-order valence-electron chi connectivity index (χ3n) is 4.37. The van der Waals surface area contributed by atoms with Crippen LogP contribution < -0.4 is 15.4 Å². The van der Waals surface area contributed by atoms with Gasteiger partial charge in [-0.2, -0.15) is 0 Å². The van der Waals surface area contributed by atoms with E-state index in [0.717, 1.165) is 36.4 Å². The standard InChI is InChI=1S/C15H20N2O3/c1-17-7-2-3-10-4-5-12-11(13(10)17)9-15(16,14(18)19)6-8-20-12/h4-5H,2-3,6-9,16H2,1H3,(H,18,19). The molecule has 0 aromatic heterocycles. The number of carboxylic acid groups (broad SMARTS) is 1. The Balaban J connectivity index is 2.12. The molecule has 1 atom stereocenters. The Bertz CT molecular complexity index is 558. The summed E-state index contributed by atoms with van der Waals surface area (Å²) in [6.45, 7) is 1.33. The topological polar surface area (TPSA) is 75.8 Å². The summed E-state index contributed by atoms with van der Waals surface area (Å²) in [7, 11) is 2.04. The molecule has 2 aliphatic heterocycles. The first kappa shape index (κ1) is 13.2. The number of nitrogens with zero attached hydrogens (tertiary/aromatic N) is 1. The quantitative estimate of drug-likeness (QED) is 0.805. The van der Waals surface area contributed by atoms with Gasteiger partial charge in [-0.25, -0.2) is 0 Å². The lowest BCUT2D eigenvalue weighted by Crippen LogP contribution is -2.50. The van der Waals surface area contributed by atoms with Gasteiger partial charge >= 0.3 is 5.97 Å². The first-order chi connectivity index (χ1) is 9.51. The minimum Gasteiger partial charge on any atom is -0.493 e. The van der Waals surface area contributed by atoms with E-state index in [1.807, 2.05) is 13.1 Å². The molecule has 0 spiro atoms. The maximum absolute atomic E-state index is 11.5. The fourth-order valence-electron chi connectivity index (χ4n) is 3.20. The summed E-state index contributed by atoms with van der Waals surface area (Å²) < 4.78 is 5.74. The summed E-state index contributed by atoms with van der Waals surface area (Å²) in [6, 6.07) is 4.05. The van der Waals surface area contributed by atoms with Crippen molar-refractivity contribution in [2.24, 2.45) is 5.73 Å². The average molecular weight is 276 g/mol. The molecule has 5 nitrogen and oxygen atoms in total. The Kier molecular flexibility index (Phi) is 3.09. The summed E-state index contributed by atoms with van der Waals surface area (Å²) in [5.74, 6) is -0.170. The summed E-state index contributed by atoms with van der Waals surface area (Å²) in [5, 5.41) is 9.42. The Hall–Kier alpha value is -1.75. The number of benzene rings is 1. The fraction of sp³-hybridized carbons (Fsp3) is 0.533. The molecule has 108 valence electrons. The van der Waals surface area contributed by atoms with E-state index < -0.39 is 11.5 Å². The number of aliphatic carboxylic acids is 1. The molecule has 20 heavy (non-hydrogen) atoms. The molecule has 2 aliphatic rings. The molecule has 1 unspecified atom stereocenters. The first-order valence-electron chi connectivity index (χ1n) is 7.02. The van der Waals surface area contributed by atoms with E-state index in [4.69, 9.17) is 10.5 Å². The van der Waals surface area contributed by atoms with Crippen LogP contribution in [-0.2, 0) is 17.6 Å². The predicted octanol–water partition coefficient (Wildman–Crippen LogP) is 1.18. The van der Waals surface area contributed by atoms with Crippen LogP contribution in [0.1, 0.15) is 24.0 Å². The number of carboxylic acids is 1. The van der Waals surface area contributed by atoms with Crippen LogP contribution >= 0.6 is 0 Å². The summed E-state index contributed by atoms with van der Waals surface area (Å²) in [5.41, 5.74) is 8.19. The largest absolute Gasteiger partial charge is 0.493 e. The SMILES string of the molecule is CN1CCCc2ccc3c(c21)CC(N)(C(=O)O)CCO3. The molecule has 0 amide bonds. The van der Waals surface area contributed by atoms with Gasteiger partial charge < -0.3 is 20.5 Å². The second kappa shape index (κ2) is 4.66. The van der Waals surface area contributed by atoms with E-state index in [-0.39, 0.29) is 0 Å². The van der Waals surface area contributed by atoms with Gasteiger partial charge in [0.1, 0.15) is 11.3 Å². The summed E-state index contributed by atoms with van der Waals surface area (Å²) in [6.07, 6.45) is 2.80. The highest BCUT2D eigenvalue weighted by Crippen LogP contribution is 2.39. The van der Waals surface area contributed by atoms with Crippen molar-refractivity contribution in [3.63, 3.8) is 0 Å². The Morgan fingerprint density at radius 1 is 1.50 bits per heavy atom. The molecule has 3 N–H and O–H groups in total. The van der Waals surface area contributed by atoms with Crippen LogP contribution in [0.15, 0.2) is 12.1 Å². The number of rotatable bonds is 1. The minimum absolute atomic E-state index is 0.325. The molecular weight excluding hydrogens is 256 g/mol. The van der Waals surface area contributed by atoms with Crippen molar-refractivity contribution < 1.29 is 14.6 Å². The van der Waals surface area contributed by atoms with Crippen molar-refractivity contribution >= 4 is 11.7 Å². The Morgan fingerprint density at radius 2 is 2.30 bits per heavy atom. The highest BCUT2D eigenvalue weighted by Gasteiger charge is 2.38. The smallest absolute Gasteiger partial charge is 0.324 e. The van der Waals surface area contributed by atoms with Gasteiger partial charge in [0.25, 0.3) is 0 Å². The van der Waals surface area contributed by atoms with Gasteiger partial charge in [0.15, 0.2) is 0 Å². The van der Waals surface area contributed by atoms with Crippen LogP contribution in [0.25, 0.3) is 0 Å². The number of aryl methyl sites for hydroxylation is 1. The van der Waals surface area contributed by atoms with Crippen LogP contribution in [0, 0.1) is 0 Å². The maximum atomic E-state index is 11.5. The molecule has 0 fully saturated rings. The molecule has 0 saturated heterocycles. The molecule has 1 aromatic rings. The van der Waals surface area contributed by atoms with Crippen LogP contribution in [0.3, 0.4) is 0 Å². The van der Waals surface area contributed by atoms with Gasteiger partial charge in [-0.15, -0.1) is 0 Å².